The molecular weight excluding hydrogens is 380 g/mol. The number of hydrogen-bond donors (Lipinski definition) is 1. The molecule has 1 aromatic rings. The zero-order valence-corrected chi connectivity index (χ0v) is 15.1. The van der Waals surface area contributed by atoms with Crippen molar-refractivity contribution in [2.45, 2.75) is 47.1 Å². The van der Waals surface area contributed by atoms with Crippen LogP contribution in [0, 0.1) is 12.1 Å². The topological polar surface area (TPSA) is 24.9 Å². The molecule has 98 valence electrons. The first-order chi connectivity index (χ1) is 7.50. The average molecular weight is 406 g/mol. The fourth-order valence-electron chi connectivity index (χ4n) is 0.527. The van der Waals surface area contributed by atoms with Gasteiger partial charge in [-0.1, -0.05) is 40.1 Å². The maximum absolute atomic E-state index is 3.66. The Morgan fingerprint density at radius 2 is 1.71 bits per heavy atom. The minimum atomic E-state index is 0. The Balaban J connectivity index is -0.000000195. The average Bonchev–Trinajstić information content (AvgIpc) is 2.34. The molecule has 1 heterocycles. The Morgan fingerprint density at radius 1 is 1.18 bits per heavy atom. The van der Waals surface area contributed by atoms with Crippen molar-refractivity contribution >= 4 is 0 Å². The molecule has 3 heteroatoms. The van der Waals surface area contributed by atoms with Crippen LogP contribution in [0.1, 0.15) is 41.5 Å². The van der Waals surface area contributed by atoms with Crippen LogP contribution in [0.15, 0.2) is 24.4 Å². The first kappa shape index (κ1) is 22.0. The van der Waals surface area contributed by atoms with Gasteiger partial charge in [-0.25, -0.2) is 0 Å². The van der Waals surface area contributed by atoms with Crippen LogP contribution in [-0.4, -0.2) is 17.6 Å². The predicted octanol–water partition coefficient (Wildman–Crippen LogP) is 3.50. The molecule has 1 rings (SSSR count). The van der Waals surface area contributed by atoms with E-state index in [-0.39, 0.29) is 26.6 Å². The first-order valence-corrected chi connectivity index (χ1v) is 5.77. The molecule has 0 aliphatic rings. The van der Waals surface area contributed by atoms with Crippen molar-refractivity contribution in [2.24, 2.45) is 0 Å². The van der Waals surface area contributed by atoms with Crippen molar-refractivity contribution in [2.75, 3.05) is 7.05 Å². The number of rotatable bonds is 2. The second-order valence-corrected chi connectivity index (χ2v) is 3.83. The molecule has 1 N–H and O–H groups in total. The van der Waals surface area contributed by atoms with Crippen molar-refractivity contribution in [3.63, 3.8) is 0 Å². The van der Waals surface area contributed by atoms with Crippen LogP contribution >= 0.6 is 0 Å². The standard InChI is InChI=1S/C7H16N.C5H4N.C2H6.W/c1-6(2)7(3,4)8-5;1-2-4-6-5-3-1;1-2;/h8H,1-5H3;1-4H;1-2H3;/q2*-1;;+2. The van der Waals surface area contributed by atoms with E-state index in [1.807, 2.05) is 33.0 Å². The number of hydrogen-bond acceptors (Lipinski definition) is 2. The molecule has 0 aliphatic carbocycles. The van der Waals surface area contributed by atoms with E-state index in [0.717, 1.165) is 0 Å². The largest absolute Gasteiger partial charge is 2.00 e. The smallest absolute Gasteiger partial charge is 0.394 e. The van der Waals surface area contributed by atoms with Gasteiger partial charge in [0.25, 0.3) is 0 Å². The van der Waals surface area contributed by atoms with Crippen LogP contribution in [0.4, 0.5) is 0 Å². The minimum Gasteiger partial charge on any atom is -0.394 e. The van der Waals surface area contributed by atoms with Crippen LogP contribution in [0.3, 0.4) is 0 Å². The monoisotopic (exact) mass is 406 g/mol. The van der Waals surface area contributed by atoms with Crippen LogP contribution in [-0.2, 0) is 21.1 Å². The van der Waals surface area contributed by atoms with Gasteiger partial charge in [0.1, 0.15) is 0 Å². The molecule has 0 aromatic carbocycles. The summed E-state index contributed by atoms with van der Waals surface area (Å²) in [6, 6.07) is 5.50. The third kappa shape index (κ3) is 13.7. The summed E-state index contributed by atoms with van der Waals surface area (Å²) in [5.41, 5.74) is 0.208. The van der Waals surface area contributed by atoms with Crippen molar-refractivity contribution in [3.8, 4) is 0 Å². The molecule has 17 heavy (non-hydrogen) atoms. The minimum absolute atomic E-state index is 0. The van der Waals surface area contributed by atoms with E-state index in [9.17, 15) is 0 Å². The van der Waals surface area contributed by atoms with Crippen LogP contribution in [0.5, 0.6) is 0 Å². The molecule has 2 nitrogen and oxygen atoms in total. The summed E-state index contributed by atoms with van der Waals surface area (Å²) >= 11 is 0. The van der Waals surface area contributed by atoms with Gasteiger partial charge in [0.2, 0.25) is 0 Å². The van der Waals surface area contributed by atoms with Gasteiger partial charge in [-0.2, -0.15) is 32.0 Å². The normalized spacial score (nSPS) is 9.18. The van der Waals surface area contributed by atoms with Gasteiger partial charge in [-0.15, -0.1) is 5.54 Å². The molecule has 0 saturated heterocycles. The van der Waals surface area contributed by atoms with Gasteiger partial charge in [-0.05, 0) is 7.05 Å². The van der Waals surface area contributed by atoms with E-state index in [1.165, 1.54) is 5.92 Å². The maximum atomic E-state index is 3.66. The Hall–Kier alpha value is -0.202. The second kappa shape index (κ2) is 13.9. The second-order valence-electron chi connectivity index (χ2n) is 3.83. The van der Waals surface area contributed by atoms with E-state index >= 15 is 0 Å². The Labute approximate surface area is 122 Å². The van der Waals surface area contributed by atoms with Gasteiger partial charge in [0.15, 0.2) is 0 Å². The molecule has 0 radical (unpaired) electrons. The third-order valence-electron chi connectivity index (χ3n) is 2.39. The van der Waals surface area contributed by atoms with Crippen molar-refractivity contribution < 1.29 is 21.1 Å². The van der Waals surface area contributed by atoms with Crippen molar-refractivity contribution in [3.05, 3.63) is 36.5 Å². The summed E-state index contributed by atoms with van der Waals surface area (Å²) in [4.78, 5) is 3.66. The quantitative estimate of drug-likeness (QED) is 0.761. The SMILES string of the molecule is CC.CNC(C)(C)[C-](C)C.[W+2].[c-]1ccccn1. The summed E-state index contributed by atoms with van der Waals surface area (Å²) in [5.74, 6) is 1.42. The Morgan fingerprint density at radius 3 is 1.76 bits per heavy atom. The molecule has 0 aliphatic heterocycles. The van der Waals surface area contributed by atoms with E-state index in [0.29, 0.717) is 0 Å². The summed E-state index contributed by atoms with van der Waals surface area (Å²) < 4.78 is 0. The van der Waals surface area contributed by atoms with Crippen LogP contribution in [0.25, 0.3) is 0 Å². The summed E-state index contributed by atoms with van der Waals surface area (Å²) in [7, 11) is 1.98. The van der Waals surface area contributed by atoms with Gasteiger partial charge in [-0.3, -0.25) is 0 Å². The number of nitrogens with one attached hydrogen (secondary N) is 1. The van der Waals surface area contributed by atoms with E-state index < -0.39 is 0 Å². The van der Waals surface area contributed by atoms with Gasteiger partial charge >= 0.3 is 21.1 Å². The summed E-state index contributed by atoms with van der Waals surface area (Å²) in [5, 5.41) is 3.20. The first-order valence-electron chi connectivity index (χ1n) is 5.77. The zero-order valence-electron chi connectivity index (χ0n) is 12.2. The Kier molecular flexibility index (Phi) is 18.0. The molecule has 0 atom stereocenters. The van der Waals surface area contributed by atoms with Crippen molar-refractivity contribution in [1.29, 1.82) is 0 Å². The van der Waals surface area contributed by atoms with E-state index in [4.69, 9.17) is 0 Å². The molecular formula is C14H26N2W. The van der Waals surface area contributed by atoms with Crippen LogP contribution < -0.4 is 5.32 Å². The Bertz CT molecular complexity index is 196. The fraction of sp³-hybridized carbons (Fsp3) is 0.571. The van der Waals surface area contributed by atoms with E-state index in [2.05, 4.69) is 44.2 Å². The summed E-state index contributed by atoms with van der Waals surface area (Å²) in [6.45, 7) is 12.6. The molecule has 0 spiro atoms. The third-order valence-corrected chi connectivity index (χ3v) is 2.39. The maximum Gasteiger partial charge on any atom is 2.00 e. The number of pyridine rings is 1. The molecule has 0 unspecified atom stereocenters. The zero-order chi connectivity index (χ0) is 13.0. The molecule has 0 bridgehead atoms. The van der Waals surface area contributed by atoms with Gasteiger partial charge in [0, 0.05) is 0 Å². The number of aromatic nitrogens is 1. The fourth-order valence-corrected chi connectivity index (χ4v) is 0.527. The number of nitrogens with zero attached hydrogens (tertiary/aromatic N) is 1. The molecule has 0 fully saturated rings. The molecule has 1 aromatic heterocycles. The predicted molar refractivity (Wildman–Crippen MR) is 72.2 cm³/mol. The molecule has 0 saturated carbocycles. The molecule has 0 amide bonds. The van der Waals surface area contributed by atoms with E-state index in [1.54, 1.807) is 12.3 Å². The van der Waals surface area contributed by atoms with Gasteiger partial charge in [0.05, 0.1) is 0 Å². The summed E-state index contributed by atoms with van der Waals surface area (Å²) in [6.07, 6.45) is 4.34. The van der Waals surface area contributed by atoms with Gasteiger partial charge < -0.3 is 16.2 Å². The van der Waals surface area contributed by atoms with Crippen molar-refractivity contribution in [1.82, 2.24) is 10.3 Å². The van der Waals surface area contributed by atoms with Crippen LogP contribution in [0.2, 0.25) is 0 Å².